The van der Waals surface area contributed by atoms with Crippen LogP contribution in [0.15, 0.2) is 36.5 Å². The van der Waals surface area contributed by atoms with E-state index in [1.165, 1.54) is 0 Å². The molecule has 2 aromatic rings. The molecule has 0 N–H and O–H groups in total. The maximum absolute atomic E-state index is 4.12. The standard InChI is InChI=1S/C11H13N3.C2H6/c1-9(2)14-8-11(12-13-14)10-6-4-3-5-7-10;1-2/h3-9H,1-2H3;1-2H3. The molecule has 16 heavy (non-hydrogen) atoms. The van der Waals surface area contributed by atoms with Crippen molar-refractivity contribution in [1.82, 2.24) is 15.0 Å². The first-order chi connectivity index (χ1) is 7.77. The molecule has 0 fully saturated rings. The van der Waals surface area contributed by atoms with Gasteiger partial charge in [-0.15, -0.1) is 5.10 Å². The van der Waals surface area contributed by atoms with Crippen LogP contribution in [0.2, 0.25) is 0 Å². The molecule has 2 rings (SSSR count). The van der Waals surface area contributed by atoms with Crippen molar-refractivity contribution in [3.8, 4) is 11.3 Å². The minimum absolute atomic E-state index is 0.361. The van der Waals surface area contributed by atoms with E-state index in [1.807, 2.05) is 55.1 Å². The number of hydrogen-bond acceptors (Lipinski definition) is 2. The molecule has 0 amide bonds. The van der Waals surface area contributed by atoms with Crippen molar-refractivity contribution in [2.45, 2.75) is 33.7 Å². The van der Waals surface area contributed by atoms with Crippen LogP contribution in [0.4, 0.5) is 0 Å². The molecule has 1 heterocycles. The summed E-state index contributed by atoms with van der Waals surface area (Å²) in [5, 5.41) is 8.18. The molecule has 3 nitrogen and oxygen atoms in total. The highest BCUT2D eigenvalue weighted by atomic mass is 15.4. The highest BCUT2D eigenvalue weighted by Crippen LogP contribution is 2.16. The van der Waals surface area contributed by atoms with Crippen molar-refractivity contribution in [3.05, 3.63) is 36.5 Å². The summed E-state index contributed by atoms with van der Waals surface area (Å²) >= 11 is 0. The van der Waals surface area contributed by atoms with Gasteiger partial charge in [-0.2, -0.15) is 0 Å². The van der Waals surface area contributed by atoms with Crippen molar-refractivity contribution in [3.63, 3.8) is 0 Å². The van der Waals surface area contributed by atoms with Gasteiger partial charge in [0.05, 0.1) is 6.20 Å². The highest BCUT2D eigenvalue weighted by Gasteiger charge is 2.04. The smallest absolute Gasteiger partial charge is 0.113 e. The van der Waals surface area contributed by atoms with Crippen LogP contribution in [-0.2, 0) is 0 Å². The van der Waals surface area contributed by atoms with Crippen LogP contribution >= 0.6 is 0 Å². The summed E-state index contributed by atoms with van der Waals surface area (Å²) in [6, 6.07) is 10.4. The van der Waals surface area contributed by atoms with E-state index in [0.29, 0.717) is 6.04 Å². The largest absolute Gasteiger partial charge is 0.249 e. The first-order valence-electron chi connectivity index (χ1n) is 5.74. The Morgan fingerprint density at radius 2 is 1.69 bits per heavy atom. The van der Waals surface area contributed by atoms with E-state index in [9.17, 15) is 0 Å². The van der Waals surface area contributed by atoms with Crippen LogP contribution in [0.5, 0.6) is 0 Å². The van der Waals surface area contributed by atoms with E-state index >= 15 is 0 Å². The summed E-state index contributed by atoms with van der Waals surface area (Å²) in [6.07, 6.45) is 1.97. The lowest BCUT2D eigenvalue weighted by atomic mass is 10.2. The van der Waals surface area contributed by atoms with Gasteiger partial charge in [-0.1, -0.05) is 49.4 Å². The third-order valence-electron chi connectivity index (χ3n) is 2.11. The summed E-state index contributed by atoms with van der Waals surface area (Å²) in [5.41, 5.74) is 2.04. The lowest BCUT2D eigenvalue weighted by Gasteiger charge is -2.00. The molecule has 0 spiro atoms. The fourth-order valence-corrected chi connectivity index (χ4v) is 1.27. The second-order valence-electron chi connectivity index (χ2n) is 3.54. The maximum Gasteiger partial charge on any atom is 0.113 e. The Morgan fingerprint density at radius 3 is 2.19 bits per heavy atom. The Labute approximate surface area is 97.1 Å². The van der Waals surface area contributed by atoms with Gasteiger partial charge in [0.1, 0.15) is 5.69 Å². The Kier molecular flexibility index (Phi) is 4.70. The molecule has 86 valence electrons. The van der Waals surface area contributed by atoms with Crippen molar-refractivity contribution >= 4 is 0 Å². The number of rotatable bonds is 2. The lowest BCUT2D eigenvalue weighted by molar-refractivity contribution is 0.514. The summed E-state index contributed by atoms with van der Waals surface area (Å²) < 4.78 is 1.86. The van der Waals surface area contributed by atoms with Gasteiger partial charge in [0.2, 0.25) is 0 Å². The summed E-state index contributed by atoms with van der Waals surface area (Å²) in [4.78, 5) is 0. The first-order valence-corrected chi connectivity index (χ1v) is 5.74. The molecule has 1 aromatic carbocycles. The molecule has 0 unspecified atom stereocenters. The average Bonchev–Trinajstić information content (AvgIpc) is 2.82. The first kappa shape index (κ1) is 12.4. The predicted octanol–water partition coefficient (Wildman–Crippen LogP) is 3.55. The van der Waals surface area contributed by atoms with Crippen molar-refractivity contribution in [1.29, 1.82) is 0 Å². The zero-order valence-corrected chi connectivity index (χ0v) is 10.4. The van der Waals surface area contributed by atoms with E-state index in [0.717, 1.165) is 11.3 Å². The molecule has 3 heteroatoms. The zero-order chi connectivity index (χ0) is 12.0. The minimum atomic E-state index is 0.361. The monoisotopic (exact) mass is 217 g/mol. The second-order valence-corrected chi connectivity index (χ2v) is 3.54. The van der Waals surface area contributed by atoms with Crippen LogP contribution in [0.1, 0.15) is 33.7 Å². The van der Waals surface area contributed by atoms with Crippen molar-refractivity contribution in [2.75, 3.05) is 0 Å². The Balaban J connectivity index is 0.000000606. The molecule has 0 aliphatic carbocycles. The van der Waals surface area contributed by atoms with Gasteiger partial charge in [0, 0.05) is 11.6 Å². The third-order valence-corrected chi connectivity index (χ3v) is 2.11. The van der Waals surface area contributed by atoms with Crippen LogP contribution < -0.4 is 0 Å². The quantitative estimate of drug-likeness (QED) is 0.770. The van der Waals surface area contributed by atoms with Crippen molar-refractivity contribution in [2.24, 2.45) is 0 Å². The van der Waals surface area contributed by atoms with E-state index in [1.54, 1.807) is 0 Å². The SMILES string of the molecule is CC.CC(C)n1cc(-c2ccccc2)nn1. The number of nitrogens with zero attached hydrogens (tertiary/aromatic N) is 3. The fraction of sp³-hybridized carbons (Fsp3) is 0.385. The minimum Gasteiger partial charge on any atom is -0.249 e. The topological polar surface area (TPSA) is 30.7 Å². The fourth-order valence-electron chi connectivity index (χ4n) is 1.27. The summed E-state index contributed by atoms with van der Waals surface area (Å²) in [6.45, 7) is 8.17. The van der Waals surface area contributed by atoms with Gasteiger partial charge in [-0.25, -0.2) is 4.68 Å². The number of aromatic nitrogens is 3. The molecule has 0 aliphatic rings. The summed E-state index contributed by atoms with van der Waals surface area (Å²) in [5.74, 6) is 0. The average molecular weight is 217 g/mol. The molecule has 0 radical (unpaired) electrons. The lowest BCUT2D eigenvalue weighted by Crippen LogP contribution is -2.00. The van der Waals surface area contributed by atoms with E-state index in [-0.39, 0.29) is 0 Å². The maximum atomic E-state index is 4.12. The molecule has 1 aromatic heterocycles. The number of hydrogen-bond donors (Lipinski definition) is 0. The van der Waals surface area contributed by atoms with E-state index in [4.69, 9.17) is 0 Å². The summed E-state index contributed by atoms with van der Waals surface area (Å²) in [7, 11) is 0. The molecule has 0 saturated heterocycles. The molecular formula is C13H19N3. The van der Waals surface area contributed by atoms with Crippen LogP contribution in [-0.4, -0.2) is 15.0 Å². The predicted molar refractivity (Wildman–Crippen MR) is 67.2 cm³/mol. The molecule has 0 atom stereocenters. The third kappa shape index (κ3) is 2.92. The number of benzene rings is 1. The highest BCUT2D eigenvalue weighted by molar-refractivity contribution is 5.57. The van der Waals surface area contributed by atoms with Gasteiger partial charge in [0.15, 0.2) is 0 Å². The second kappa shape index (κ2) is 6.05. The zero-order valence-electron chi connectivity index (χ0n) is 10.4. The Hall–Kier alpha value is -1.64. The molecular weight excluding hydrogens is 198 g/mol. The van der Waals surface area contributed by atoms with Crippen LogP contribution in [0.3, 0.4) is 0 Å². The Morgan fingerprint density at radius 1 is 1.06 bits per heavy atom. The van der Waals surface area contributed by atoms with Gasteiger partial charge in [-0.3, -0.25) is 0 Å². The van der Waals surface area contributed by atoms with Crippen LogP contribution in [0.25, 0.3) is 11.3 Å². The van der Waals surface area contributed by atoms with Crippen LogP contribution in [0, 0.1) is 0 Å². The Bertz CT molecular complexity index is 404. The molecule has 0 saturated carbocycles. The van der Waals surface area contributed by atoms with Gasteiger partial charge in [0.25, 0.3) is 0 Å². The van der Waals surface area contributed by atoms with Crippen molar-refractivity contribution < 1.29 is 0 Å². The van der Waals surface area contributed by atoms with E-state index in [2.05, 4.69) is 24.2 Å². The van der Waals surface area contributed by atoms with Gasteiger partial charge in [-0.05, 0) is 13.8 Å². The normalized spacial score (nSPS) is 9.81. The van der Waals surface area contributed by atoms with Gasteiger partial charge >= 0.3 is 0 Å². The molecule has 0 aliphatic heterocycles. The molecule has 0 bridgehead atoms. The van der Waals surface area contributed by atoms with E-state index < -0.39 is 0 Å². The van der Waals surface area contributed by atoms with Gasteiger partial charge < -0.3 is 0 Å².